The molecule has 1 saturated heterocycles. The number of rotatable bonds is 7. The van der Waals surface area contributed by atoms with Gasteiger partial charge in [-0.25, -0.2) is 4.98 Å². The fraction of sp³-hybridized carbons (Fsp3) is 0.346. The average Bonchev–Trinajstić information content (AvgIpc) is 3.21. The number of aliphatic carboxylic acids is 1. The third-order valence-electron chi connectivity index (χ3n) is 6.25. The van der Waals surface area contributed by atoms with Crippen molar-refractivity contribution in [2.75, 3.05) is 36.4 Å². The van der Waals surface area contributed by atoms with Crippen molar-refractivity contribution >= 4 is 35.7 Å². The minimum absolute atomic E-state index is 0. The monoisotopic (exact) mass is 552 g/mol. The number of nitrogens with zero attached hydrogens (tertiary/aromatic N) is 3. The Morgan fingerprint density at radius 2 is 1.74 bits per heavy atom. The predicted octanol–water partition coefficient (Wildman–Crippen LogP) is 5.41. The van der Waals surface area contributed by atoms with E-state index in [0.29, 0.717) is 37.3 Å². The van der Waals surface area contributed by atoms with E-state index in [9.17, 15) is 27.9 Å². The van der Waals surface area contributed by atoms with Gasteiger partial charge in [0.1, 0.15) is 6.04 Å². The Bertz CT molecular complexity index is 1240. The summed E-state index contributed by atoms with van der Waals surface area (Å²) in [5.41, 5.74) is 0.652. The number of carbonyl (C=O) groups is 2. The van der Waals surface area contributed by atoms with E-state index >= 15 is 0 Å². The van der Waals surface area contributed by atoms with Crippen molar-refractivity contribution in [2.45, 2.75) is 32.0 Å². The molecule has 1 aliphatic heterocycles. The lowest BCUT2D eigenvalue weighted by Gasteiger charge is -2.27. The SMILES string of the molecule is CCC(C(=O)O)N1CCCN(c2ccc(NC(=O)c3nc(-c4ccccc4)oc3C(F)(F)F)cc2)CC1.Cl. The van der Waals surface area contributed by atoms with Gasteiger partial charge in [-0.3, -0.25) is 14.5 Å². The molecule has 1 aliphatic rings. The number of benzene rings is 2. The molecule has 1 unspecified atom stereocenters. The maximum absolute atomic E-state index is 13.6. The van der Waals surface area contributed by atoms with Gasteiger partial charge in [0, 0.05) is 43.1 Å². The Hall–Kier alpha value is -3.57. The molecule has 204 valence electrons. The molecule has 2 N–H and O–H groups in total. The maximum Gasteiger partial charge on any atom is 0.452 e. The van der Waals surface area contributed by atoms with E-state index in [0.717, 1.165) is 18.7 Å². The van der Waals surface area contributed by atoms with Crippen LogP contribution in [0.4, 0.5) is 24.5 Å². The molecule has 2 heterocycles. The highest BCUT2D eigenvalue weighted by Crippen LogP contribution is 2.35. The Kier molecular flexibility index (Phi) is 9.40. The standard InChI is InChI=1S/C26H27F3N4O4.ClH/c1-2-20(25(35)36)33-14-6-13-32(15-16-33)19-11-9-18(10-12-19)30-23(34)21-22(26(27,28)29)37-24(31-21)17-7-4-3-5-8-17;/h3-5,7-12,20H,2,6,13-16H2,1H3,(H,30,34)(H,35,36);1H. The molecular weight excluding hydrogens is 525 g/mol. The summed E-state index contributed by atoms with van der Waals surface area (Å²) in [6, 6.07) is 14.3. The third kappa shape index (κ3) is 6.65. The number of carbonyl (C=O) groups excluding carboxylic acids is 1. The molecule has 0 saturated carbocycles. The first-order chi connectivity index (χ1) is 17.7. The van der Waals surface area contributed by atoms with Gasteiger partial charge in [0.25, 0.3) is 5.91 Å². The van der Waals surface area contributed by atoms with Crippen molar-refractivity contribution in [3.63, 3.8) is 0 Å². The molecular formula is C26H28ClF3N4O4. The van der Waals surface area contributed by atoms with Crippen molar-refractivity contribution in [2.24, 2.45) is 0 Å². The van der Waals surface area contributed by atoms with E-state index < -0.39 is 35.5 Å². The molecule has 0 spiro atoms. The van der Waals surface area contributed by atoms with Gasteiger partial charge in [0.15, 0.2) is 5.69 Å². The summed E-state index contributed by atoms with van der Waals surface area (Å²) in [5, 5.41) is 11.9. The lowest BCUT2D eigenvalue weighted by molar-refractivity contribution is -0.153. The first-order valence-electron chi connectivity index (χ1n) is 11.9. The zero-order valence-electron chi connectivity index (χ0n) is 20.6. The first kappa shape index (κ1) is 29.0. The summed E-state index contributed by atoms with van der Waals surface area (Å²) >= 11 is 0. The van der Waals surface area contributed by atoms with E-state index in [1.54, 1.807) is 54.6 Å². The summed E-state index contributed by atoms with van der Waals surface area (Å²) in [5.74, 6) is -3.61. The smallest absolute Gasteiger partial charge is 0.452 e. The molecule has 38 heavy (non-hydrogen) atoms. The third-order valence-corrected chi connectivity index (χ3v) is 6.25. The van der Waals surface area contributed by atoms with Crippen LogP contribution in [-0.2, 0) is 11.0 Å². The topological polar surface area (TPSA) is 98.9 Å². The van der Waals surface area contributed by atoms with Gasteiger partial charge in [-0.1, -0.05) is 25.1 Å². The summed E-state index contributed by atoms with van der Waals surface area (Å²) in [7, 11) is 0. The van der Waals surface area contributed by atoms with Gasteiger partial charge in [-0.2, -0.15) is 13.2 Å². The number of amides is 1. The summed E-state index contributed by atoms with van der Waals surface area (Å²) in [6.07, 6.45) is -3.58. The van der Waals surface area contributed by atoms with E-state index in [4.69, 9.17) is 4.42 Å². The van der Waals surface area contributed by atoms with Crippen LogP contribution in [0.2, 0.25) is 0 Å². The molecule has 8 nitrogen and oxygen atoms in total. The molecule has 1 fully saturated rings. The largest absolute Gasteiger partial charge is 0.480 e. The number of alkyl halides is 3. The number of aromatic nitrogens is 1. The molecule has 2 aromatic carbocycles. The van der Waals surface area contributed by atoms with Crippen LogP contribution in [0.3, 0.4) is 0 Å². The highest BCUT2D eigenvalue weighted by Gasteiger charge is 2.42. The minimum Gasteiger partial charge on any atom is -0.480 e. The molecule has 1 aromatic heterocycles. The minimum atomic E-state index is -4.89. The summed E-state index contributed by atoms with van der Waals surface area (Å²) < 4.78 is 45.6. The predicted molar refractivity (Wildman–Crippen MR) is 139 cm³/mol. The highest BCUT2D eigenvalue weighted by molar-refractivity contribution is 6.04. The number of halogens is 4. The number of oxazole rings is 1. The Morgan fingerprint density at radius 1 is 1.05 bits per heavy atom. The van der Waals surface area contributed by atoms with Crippen LogP contribution in [-0.4, -0.2) is 59.1 Å². The molecule has 0 bridgehead atoms. The Morgan fingerprint density at radius 3 is 2.34 bits per heavy atom. The normalized spacial score (nSPS) is 15.3. The van der Waals surface area contributed by atoms with Crippen LogP contribution in [0.1, 0.15) is 36.0 Å². The number of nitrogens with one attached hydrogen (secondary N) is 1. The van der Waals surface area contributed by atoms with Crippen molar-refractivity contribution in [3.05, 3.63) is 66.1 Å². The molecule has 4 rings (SSSR count). The van der Waals surface area contributed by atoms with Crippen LogP contribution in [0.15, 0.2) is 59.0 Å². The molecule has 3 aromatic rings. The first-order valence-corrected chi connectivity index (χ1v) is 11.9. The zero-order chi connectivity index (χ0) is 26.6. The van der Waals surface area contributed by atoms with Crippen LogP contribution < -0.4 is 10.2 Å². The summed E-state index contributed by atoms with van der Waals surface area (Å²) in [6.45, 7) is 4.49. The van der Waals surface area contributed by atoms with Crippen molar-refractivity contribution in [3.8, 4) is 11.5 Å². The number of carboxylic acids is 1. The van der Waals surface area contributed by atoms with Gasteiger partial charge in [-0.05, 0) is 49.2 Å². The van der Waals surface area contributed by atoms with Gasteiger partial charge in [0.05, 0.1) is 0 Å². The number of carboxylic acid groups (broad SMARTS) is 1. The molecule has 1 atom stereocenters. The maximum atomic E-state index is 13.6. The second-order valence-electron chi connectivity index (χ2n) is 8.70. The Balaban J connectivity index is 0.00000400. The molecule has 1 amide bonds. The number of hydrogen-bond donors (Lipinski definition) is 2. The van der Waals surface area contributed by atoms with Gasteiger partial charge in [-0.15, -0.1) is 12.4 Å². The van der Waals surface area contributed by atoms with Crippen LogP contribution in [0.25, 0.3) is 11.5 Å². The van der Waals surface area contributed by atoms with E-state index in [1.165, 1.54) is 0 Å². The summed E-state index contributed by atoms with van der Waals surface area (Å²) in [4.78, 5) is 32.2. The van der Waals surface area contributed by atoms with Crippen LogP contribution in [0, 0.1) is 0 Å². The quantitative estimate of drug-likeness (QED) is 0.404. The lowest BCUT2D eigenvalue weighted by Crippen LogP contribution is -2.42. The average molecular weight is 553 g/mol. The fourth-order valence-corrected chi connectivity index (χ4v) is 4.41. The van der Waals surface area contributed by atoms with Crippen molar-refractivity contribution in [1.29, 1.82) is 0 Å². The second-order valence-corrected chi connectivity index (χ2v) is 8.70. The van der Waals surface area contributed by atoms with Gasteiger partial charge in [0.2, 0.25) is 11.7 Å². The molecule has 0 aliphatic carbocycles. The number of anilines is 2. The second kappa shape index (κ2) is 12.3. The molecule has 0 radical (unpaired) electrons. The van der Waals surface area contributed by atoms with Crippen LogP contribution in [0.5, 0.6) is 0 Å². The fourth-order valence-electron chi connectivity index (χ4n) is 4.41. The van der Waals surface area contributed by atoms with E-state index in [2.05, 4.69) is 15.2 Å². The van der Waals surface area contributed by atoms with E-state index in [-0.39, 0.29) is 18.3 Å². The highest BCUT2D eigenvalue weighted by atomic mass is 35.5. The van der Waals surface area contributed by atoms with Crippen molar-refractivity contribution in [1.82, 2.24) is 9.88 Å². The van der Waals surface area contributed by atoms with Gasteiger partial charge >= 0.3 is 12.1 Å². The van der Waals surface area contributed by atoms with Gasteiger partial charge < -0.3 is 19.7 Å². The van der Waals surface area contributed by atoms with E-state index in [1.807, 2.05) is 11.8 Å². The zero-order valence-corrected chi connectivity index (χ0v) is 21.4. The number of hydrogen-bond acceptors (Lipinski definition) is 6. The van der Waals surface area contributed by atoms with Crippen LogP contribution >= 0.6 is 12.4 Å². The lowest BCUT2D eigenvalue weighted by atomic mass is 10.2. The molecule has 12 heteroatoms. The van der Waals surface area contributed by atoms with Crippen molar-refractivity contribution < 1.29 is 32.3 Å². The Labute approximate surface area is 223 Å².